The minimum atomic E-state index is -0.983. The highest BCUT2D eigenvalue weighted by atomic mass is 19.1. The van der Waals surface area contributed by atoms with Gasteiger partial charge in [0, 0.05) is 18.7 Å². The van der Waals surface area contributed by atoms with Gasteiger partial charge in [0.1, 0.15) is 5.75 Å². The topological polar surface area (TPSA) is 81.9 Å². The van der Waals surface area contributed by atoms with Crippen molar-refractivity contribution >= 4 is 11.6 Å². The van der Waals surface area contributed by atoms with Gasteiger partial charge >= 0.3 is 5.69 Å². The van der Waals surface area contributed by atoms with Gasteiger partial charge in [-0.15, -0.1) is 0 Å². The van der Waals surface area contributed by atoms with Crippen LogP contribution in [-0.4, -0.2) is 47.6 Å². The molecule has 1 aromatic carbocycles. The van der Waals surface area contributed by atoms with E-state index in [9.17, 15) is 19.3 Å². The molecule has 1 saturated carbocycles. The monoisotopic (exact) mass is 338 g/mol. The van der Waals surface area contributed by atoms with Crippen molar-refractivity contribution in [2.75, 3.05) is 19.8 Å². The van der Waals surface area contributed by atoms with E-state index in [1.54, 1.807) is 4.90 Å². The van der Waals surface area contributed by atoms with Gasteiger partial charge in [0.2, 0.25) is 5.82 Å². The summed E-state index contributed by atoms with van der Waals surface area (Å²) in [6, 6.07) is 3.32. The predicted molar refractivity (Wildman–Crippen MR) is 82.3 cm³/mol. The van der Waals surface area contributed by atoms with E-state index in [2.05, 4.69) is 0 Å². The molecule has 2 aliphatic rings. The number of carbonyl (C=O) groups is 1. The van der Waals surface area contributed by atoms with Crippen LogP contribution in [0.3, 0.4) is 0 Å². The summed E-state index contributed by atoms with van der Waals surface area (Å²) in [5.74, 6) is -1.06. The van der Waals surface area contributed by atoms with Gasteiger partial charge in [-0.1, -0.05) is 12.8 Å². The Hall–Kier alpha value is -2.22. The summed E-state index contributed by atoms with van der Waals surface area (Å²) in [6.07, 6.45) is 4.16. The van der Waals surface area contributed by atoms with E-state index in [0.29, 0.717) is 13.2 Å². The zero-order valence-corrected chi connectivity index (χ0v) is 13.2. The number of morpholine rings is 1. The number of nitrogens with zero attached hydrogens (tertiary/aromatic N) is 2. The third-order valence-electron chi connectivity index (χ3n) is 4.53. The highest BCUT2D eigenvalue weighted by Crippen LogP contribution is 2.28. The molecule has 1 aliphatic carbocycles. The van der Waals surface area contributed by atoms with Gasteiger partial charge in [-0.25, -0.2) is 0 Å². The molecular formula is C16H19FN2O5. The first-order valence-corrected chi connectivity index (χ1v) is 8.04. The van der Waals surface area contributed by atoms with Crippen LogP contribution in [0.15, 0.2) is 18.2 Å². The van der Waals surface area contributed by atoms with Crippen LogP contribution >= 0.6 is 0 Å². The lowest BCUT2D eigenvalue weighted by molar-refractivity contribution is -0.387. The number of hydrogen-bond acceptors (Lipinski definition) is 5. The van der Waals surface area contributed by atoms with Gasteiger partial charge in [-0.3, -0.25) is 14.9 Å². The highest BCUT2D eigenvalue weighted by Gasteiger charge is 2.36. The number of hydrogen-bond donors (Lipinski definition) is 0. The van der Waals surface area contributed by atoms with Crippen LogP contribution in [0.25, 0.3) is 0 Å². The molecule has 0 aromatic heterocycles. The maximum Gasteiger partial charge on any atom is 0.305 e. The average molecular weight is 338 g/mol. The fourth-order valence-electron chi connectivity index (χ4n) is 3.36. The Kier molecular flexibility index (Phi) is 4.94. The number of rotatable bonds is 4. The van der Waals surface area contributed by atoms with Gasteiger partial charge in [-0.05, 0) is 18.9 Å². The largest absolute Gasteiger partial charge is 0.484 e. The zero-order valence-electron chi connectivity index (χ0n) is 13.2. The molecule has 0 radical (unpaired) electrons. The van der Waals surface area contributed by atoms with Crippen molar-refractivity contribution in [1.29, 1.82) is 0 Å². The summed E-state index contributed by atoms with van der Waals surface area (Å²) in [7, 11) is 0. The molecule has 0 bridgehead atoms. The molecule has 3 rings (SSSR count). The minimum Gasteiger partial charge on any atom is -0.484 e. The van der Waals surface area contributed by atoms with Gasteiger partial charge in [0.05, 0.1) is 23.7 Å². The molecule has 1 amide bonds. The van der Waals surface area contributed by atoms with Crippen molar-refractivity contribution in [3.8, 4) is 5.75 Å². The highest BCUT2D eigenvalue weighted by molar-refractivity contribution is 5.78. The van der Waals surface area contributed by atoms with Crippen molar-refractivity contribution in [2.24, 2.45) is 0 Å². The number of nitro benzene ring substituents is 1. The van der Waals surface area contributed by atoms with Crippen LogP contribution in [0, 0.1) is 15.9 Å². The molecule has 1 aliphatic heterocycles. The number of ether oxygens (including phenoxy) is 2. The van der Waals surface area contributed by atoms with E-state index in [-0.39, 0.29) is 30.4 Å². The number of halogens is 1. The Labute approximate surface area is 138 Å². The van der Waals surface area contributed by atoms with Gasteiger partial charge in [0.15, 0.2) is 6.61 Å². The first-order valence-electron chi connectivity index (χ1n) is 8.04. The van der Waals surface area contributed by atoms with Crippen LogP contribution in [0.2, 0.25) is 0 Å². The summed E-state index contributed by atoms with van der Waals surface area (Å²) >= 11 is 0. The lowest BCUT2D eigenvalue weighted by Gasteiger charge is -2.43. The smallest absolute Gasteiger partial charge is 0.305 e. The van der Waals surface area contributed by atoms with E-state index in [0.717, 1.165) is 37.8 Å². The number of nitro groups is 1. The molecule has 2 fully saturated rings. The normalized spacial score (nSPS) is 23.5. The minimum absolute atomic E-state index is 0.0807. The zero-order chi connectivity index (χ0) is 17.1. The van der Waals surface area contributed by atoms with Crippen molar-refractivity contribution < 1.29 is 23.6 Å². The Morgan fingerprint density at radius 3 is 2.96 bits per heavy atom. The SMILES string of the molecule is O=C(COc1ccc([N+](=O)[O-])c(F)c1)N1CCO[C@H]2CCCC[C@H]21. The standard InChI is InChI=1S/C16H19FN2O5/c17-12-9-11(5-6-13(12)19(21)22)24-10-16(20)18-7-8-23-15-4-2-1-3-14(15)18/h5-6,9,14-15H,1-4,7-8,10H2/t14-,15+/m1/s1. The van der Waals surface area contributed by atoms with Crippen molar-refractivity contribution in [3.05, 3.63) is 34.1 Å². The average Bonchev–Trinajstić information content (AvgIpc) is 2.59. The van der Waals surface area contributed by atoms with E-state index >= 15 is 0 Å². The second kappa shape index (κ2) is 7.12. The first kappa shape index (κ1) is 16.6. The summed E-state index contributed by atoms with van der Waals surface area (Å²) < 4.78 is 24.6. The summed E-state index contributed by atoms with van der Waals surface area (Å²) in [6.45, 7) is 0.817. The van der Waals surface area contributed by atoms with Gasteiger partial charge < -0.3 is 14.4 Å². The van der Waals surface area contributed by atoms with Crippen LogP contribution in [-0.2, 0) is 9.53 Å². The van der Waals surface area contributed by atoms with Crippen LogP contribution in [0.5, 0.6) is 5.75 Å². The molecule has 7 nitrogen and oxygen atoms in total. The van der Waals surface area contributed by atoms with Crippen LogP contribution < -0.4 is 4.74 Å². The third kappa shape index (κ3) is 3.48. The maximum atomic E-state index is 13.6. The fraction of sp³-hybridized carbons (Fsp3) is 0.562. The Bertz CT molecular complexity index is 637. The number of fused-ring (bicyclic) bond motifs is 1. The molecule has 0 spiro atoms. The quantitative estimate of drug-likeness (QED) is 0.621. The molecule has 2 atom stereocenters. The van der Waals surface area contributed by atoms with E-state index in [1.807, 2.05) is 0 Å². The van der Waals surface area contributed by atoms with E-state index in [1.165, 1.54) is 6.07 Å². The fourth-order valence-corrected chi connectivity index (χ4v) is 3.36. The third-order valence-corrected chi connectivity index (χ3v) is 4.53. The number of carbonyl (C=O) groups excluding carboxylic acids is 1. The molecule has 1 aromatic rings. The molecule has 8 heteroatoms. The summed E-state index contributed by atoms with van der Waals surface area (Å²) in [4.78, 5) is 24.0. The van der Waals surface area contributed by atoms with E-state index in [4.69, 9.17) is 9.47 Å². The van der Waals surface area contributed by atoms with Gasteiger partial charge in [0.25, 0.3) is 5.91 Å². The summed E-state index contributed by atoms with van der Waals surface area (Å²) in [5, 5.41) is 10.6. The van der Waals surface area contributed by atoms with Crippen LogP contribution in [0.1, 0.15) is 25.7 Å². The van der Waals surface area contributed by atoms with Crippen molar-refractivity contribution in [3.63, 3.8) is 0 Å². The predicted octanol–water partition coefficient (Wildman–Crippen LogP) is 2.28. The lowest BCUT2D eigenvalue weighted by atomic mass is 9.90. The molecule has 1 heterocycles. The molecule has 24 heavy (non-hydrogen) atoms. The lowest BCUT2D eigenvalue weighted by Crippen LogP contribution is -2.55. The molecule has 1 saturated heterocycles. The molecule has 0 N–H and O–H groups in total. The first-order chi connectivity index (χ1) is 11.6. The second-order valence-electron chi connectivity index (χ2n) is 6.01. The maximum absolute atomic E-state index is 13.6. The van der Waals surface area contributed by atoms with E-state index < -0.39 is 16.4 Å². The van der Waals surface area contributed by atoms with Crippen molar-refractivity contribution in [2.45, 2.75) is 37.8 Å². The Balaban J connectivity index is 1.60. The molecule has 130 valence electrons. The molecule has 0 unspecified atom stereocenters. The van der Waals surface area contributed by atoms with Gasteiger partial charge in [-0.2, -0.15) is 4.39 Å². The number of amides is 1. The Morgan fingerprint density at radius 1 is 1.42 bits per heavy atom. The second-order valence-corrected chi connectivity index (χ2v) is 6.01. The number of benzene rings is 1. The Morgan fingerprint density at radius 2 is 2.21 bits per heavy atom. The van der Waals surface area contributed by atoms with Crippen LogP contribution in [0.4, 0.5) is 10.1 Å². The summed E-state index contributed by atoms with van der Waals surface area (Å²) in [5.41, 5.74) is -0.619. The van der Waals surface area contributed by atoms with Crippen molar-refractivity contribution in [1.82, 2.24) is 4.90 Å². The molecular weight excluding hydrogens is 319 g/mol.